The Balaban J connectivity index is 1.38. The topological polar surface area (TPSA) is 73.1 Å². The monoisotopic (exact) mass is 443 g/mol. The first-order valence-electron chi connectivity index (χ1n) is 10.3. The Morgan fingerprint density at radius 1 is 1.09 bits per heavy atom. The molecular weight excluding hydrogens is 423 g/mol. The number of amides is 1. The molecule has 3 heterocycles. The third-order valence-corrected chi connectivity index (χ3v) is 6.30. The molecule has 1 amide bonds. The van der Waals surface area contributed by atoms with Gasteiger partial charge in [0.2, 0.25) is 0 Å². The Labute approximate surface area is 181 Å². The molecule has 0 spiro atoms. The lowest BCUT2D eigenvalue weighted by atomic mass is 9.98. The van der Waals surface area contributed by atoms with Gasteiger partial charge in [-0.1, -0.05) is 12.1 Å². The van der Waals surface area contributed by atoms with E-state index in [-0.39, 0.29) is 35.8 Å². The van der Waals surface area contributed by atoms with E-state index in [9.17, 15) is 18.0 Å². The zero-order valence-electron chi connectivity index (χ0n) is 17.1. The van der Waals surface area contributed by atoms with Gasteiger partial charge < -0.3 is 9.64 Å². The van der Waals surface area contributed by atoms with E-state index in [1.807, 2.05) is 17.9 Å². The predicted molar refractivity (Wildman–Crippen MR) is 107 cm³/mol. The maximum absolute atomic E-state index is 13.6. The van der Waals surface area contributed by atoms with Crippen LogP contribution in [0.25, 0.3) is 5.69 Å². The first-order valence-corrected chi connectivity index (χ1v) is 10.3. The van der Waals surface area contributed by atoms with Gasteiger partial charge in [0, 0.05) is 6.04 Å². The van der Waals surface area contributed by atoms with Gasteiger partial charge in [-0.3, -0.25) is 4.79 Å². The van der Waals surface area contributed by atoms with E-state index in [1.54, 1.807) is 30.6 Å². The second kappa shape index (κ2) is 7.61. The zero-order chi connectivity index (χ0) is 22.5. The molecule has 3 aromatic rings. The molecule has 1 aromatic carbocycles. The van der Waals surface area contributed by atoms with Crippen molar-refractivity contribution in [3.63, 3.8) is 0 Å². The summed E-state index contributed by atoms with van der Waals surface area (Å²) < 4.78 is 44.3. The van der Waals surface area contributed by atoms with Crippen LogP contribution in [0.2, 0.25) is 0 Å². The van der Waals surface area contributed by atoms with Crippen molar-refractivity contribution in [2.45, 2.75) is 44.1 Å². The number of hydrogen-bond acceptors (Lipinski definition) is 5. The molecule has 3 unspecified atom stereocenters. The van der Waals surface area contributed by atoms with Crippen molar-refractivity contribution < 1.29 is 22.7 Å². The molecule has 5 rings (SSSR count). The van der Waals surface area contributed by atoms with Crippen molar-refractivity contribution in [1.29, 1.82) is 0 Å². The molecule has 0 N–H and O–H groups in total. The largest absolute Gasteiger partial charge is 0.487 e. The lowest BCUT2D eigenvalue weighted by Crippen LogP contribution is -2.51. The van der Waals surface area contributed by atoms with Crippen molar-refractivity contribution in [2.75, 3.05) is 0 Å². The van der Waals surface area contributed by atoms with E-state index in [0.717, 1.165) is 25.1 Å². The highest BCUT2D eigenvalue weighted by Crippen LogP contribution is 2.45. The van der Waals surface area contributed by atoms with Gasteiger partial charge in [0.1, 0.15) is 17.5 Å². The van der Waals surface area contributed by atoms with E-state index in [4.69, 9.17) is 4.74 Å². The van der Waals surface area contributed by atoms with Crippen molar-refractivity contribution >= 4 is 5.91 Å². The minimum Gasteiger partial charge on any atom is -0.487 e. The number of rotatable bonds is 4. The molecular formula is C22H20F3N5O2. The van der Waals surface area contributed by atoms with E-state index in [1.165, 1.54) is 10.9 Å². The molecule has 7 nitrogen and oxygen atoms in total. The molecule has 4 atom stereocenters. The summed E-state index contributed by atoms with van der Waals surface area (Å²) in [6.07, 6.45) is 0.887. The Kier molecular flexibility index (Phi) is 4.87. The number of fused-ring (bicyclic) bond motifs is 2. The summed E-state index contributed by atoms with van der Waals surface area (Å²) in [6, 6.07) is 9.17. The van der Waals surface area contributed by atoms with Crippen LogP contribution in [0, 0.1) is 5.92 Å². The quantitative estimate of drug-likeness (QED) is 0.614. The Hall–Kier alpha value is -3.43. The average Bonchev–Trinajstić information content (AvgIpc) is 3.50. The number of benzene rings is 1. The van der Waals surface area contributed by atoms with Gasteiger partial charge in [0.25, 0.3) is 5.91 Å². The second-order valence-corrected chi connectivity index (χ2v) is 8.12. The molecule has 166 valence electrons. The fourth-order valence-electron chi connectivity index (χ4n) is 4.79. The normalized spacial score (nSPS) is 24.7. The van der Waals surface area contributed by atoms with Crippen molar-refractivity contribution in [2.24, 2.45) is 5.92 Å². The van der Waals surface area contributed by atoms with Crippen LogP contribution in [0.15, 0.2) is 55.0 Å². The molecule has 2 bridgehead atoms. The van der Waals surface area contributed by atoms with Gasteiger partial charge in [-0.2, -0.15) is 28.2 Å². The SMILES string of the molecule is CC1C2CC([C@@H](Oc3ccc(C(F)(F)F)nc3)C2)N1C(=O)c1ccccc1-n1nccn1. The van der Waals surface area contributed by atoms with Crippen LogP contribution in [0.5, 0.6) is 5.75 Å². The number of alkyl halides is 3. The Morgan fingerprint density at radius 2 is 1.84 bits per heavy atom. The van der Waals surface area contributed by atoms with Crippen molar-refractivity contribution in [1.82, 2.24) is 24.9 Å². The number of carbonyl (C=O) groups excluding carboxylic acids is 1. The van der Waals surface area contributed by atoms with Crippen LogP contribution in [-0.2, 0) is 6.18 Å². The van der Waals surface area contributed by atoms with Gasteiger partial charge in [-0.25, -0.2) is 4.98 Å². The fraction of sp³-hybridized carbons (Fsp3) is 0.364. The first kappa shape index (κ1) is 20.5. The molecule has 2 fully saturated rings. The summed E-state index contributed by atoms with van der Waals surface area (Å²) in [4.78, 5) is 20.3. The Bertz CT molecular complexity index is 1120. The number of para-hydroxylation sites is 1. The maximum atomic E-state index is 13.6. The minimum absolute atomic E-state index is 0.0247. The lowest BCUT2D eigenvalue weighted by molar-refractivity contribution is -0.141. The highest BCUT2D eigenvalue weighted by atomic mass is 19.4. The number of pyridine rings is 1. The number of nitrogens with zero attached hydrogens (tertiary/aromatic N) is 5. The van der Waals surface area contributed by atoms with Crippen molar-refractivity contribution in [3.05, 3.63) is 66.2 Å². The van der Waals surface area contributed by atoms with E-state index >= 15 is 0 Å². The highest BCUT2D eigenvalue weighted by Gasteiger charge is 2.52. The molecule has 1 aliphatic carbocycles. The maximum Gasteiger partial charge on any atom is 0.433 e. The third kappa shape index (κ3) is 3.49. The van der Waals surface area contributed by atoms with Gasteiger partial charge in [0.05, 0.1) is 35.9 Å². The Morgan fingerprint density at radius 3 is 2.50 bits per heavy atom. The van der Waals surface area contributed by atoms with Gasteiger partial charge >= 0.3 is 6.18 Å². The van der Waals surface area contributed by atoms with Crippen LogP contribution < -0.4 is 4.74 Å². The van der Waals surface area contributed by atoms with Crippen LogP contribution in [0.3, 0.4) is 0 Å². The number of halogens is 3. The van der Waals surface area contributed by atoms with E-state index in [0.29, 0.717) is 11.3 Å². The van der Waals surface area contributed by atoms with E-state index < -0.39 is 11.9 Å². The summed E-state index contributed by atoms with van der Waals surface area (Å²) in [7, 11) is 0. The number of carbonyl (C=O) groups is 1. The van der Waals surface area contributed by atoms with Crippen LogP contribution in [0.4, 0.5) is 13.2 Å². The van der Waals surface area contributed by atoms with E-state index in [2.05, 4.69) is 15.2 Å². The smallest absolute Gasteiger partial charge is 0.433 e. The molecule has 2 aliphatic rings. The van der Waals surface area contributed by atoms with Crippen molar-refractivity contribution in [3.8, 4) is 11.4 Å². The van der Waals surface area contributed by atoms with Crippen LogP contribution in [0.1, 0.15) is 35.8 Å². The average molecular weight is 443 g/mol. The molecule has 10 heteroatoms. The van der Waals surface area contributed by atoms with Crippen LogP contribution in [-0.4, -0.2) is 49.0 Å². The summed E-state index contributed by atoms with van der Waals surface area (Å²) >= 11 is 0. The minimum atomic E-state index is -4.50. The predicted octanol–water partition coefficient (Wildman–Crippen LogP) is 3.75. The zero-order valence-corrected chi connectivity index (χ0v) is 17.1. The molecule has 1 aliphatic heterocycles. The third-order valence-electron chi connectivity index (χ3n) is 6.30. The molecule has 0 radical (unpaired) electrons. The molecule has 2 aromatic heterocycles. The number of ether oxygens (including phenoxy) is 1. The van der Waals surface area contributed by atoms with Gasteiger partial charge in [-0.15, -0.1) is 0 Å². The number of likely N-dealkylation sites (tertiary alicyclic amines) is 1. The fourth-order valence-corrected chi connectivity index (χ4v) is 4.79. The number of piperidine rings is 1. The van der Waals surface area contributed by atoms with Crippen LogP contribution >= 0.6 is 0 Å². The summed E-state index contributed by atoms with van der Waals surface area (Å²) in [5, 5.41) is 8.28. The van der Waals surface area contributed by atoms with Gasteiger partial charge in [-0.05, 0) is 49.9 Å². The first-order chi connectivity index (χ1) is 15.3. The summed E-state index contributed by atoms with van der Waals surface area (Å²) in [5.41, 5.74) is 0.104. The summed E-state index contributed by atoms with van der Waals surface area (Å²) in [6.45, 7) is 2.02. The molecule has 32 heavy (non-hydrogen) atoms. The molecule has 1 saturated carbocycles. The standard InChI is InChI=1S/C22H20F3N5O2/c1-13-14-10-18(19(11-14)32-15-6-7-20(26-12-15)22(23,24)25)29(13)21(31)16-4-2-3-5-17(16)30-27-8-9-28-30/h2-9,12-14,18-19H,10-11H2,1H3/t13?,14?,18?,19-/m0/s1. The lowest BCUT2D eigenvalue weighted by Gasteiger charge is -2.38. The molecule has 1 saturated heterocycles. The number of hydrogen-bond donors (Lipinski definition) is 0. The highest BCUT2D eigenvalue weighted by molar-refractivity contribution is 5.98. The summed E-state index contributed by atoms with van der Waals surface area (Å²) in [5.74, 6) is 0.375. The second-order valence-electron chi connectivity index (χ2n) is 8.12. The number of aromatic nitrogens is 4. The van der Waals surface area contributed by atoms with Gasteiger partial charge in [0.15, 0.2) is 0 Å².